The van der Waals surface area contributed by atoms with Gasteiger partial charge in [-0.2, -0.15) is 10.1 Å². The minimum absolute atomic E-state index is 0.392. The van der Waals surface area contributed by atoms with Gasteiger partial charge in [-0.1, -0.05) is 12.1 Å². The molecule has 0 aromatic heterocycles. The van der Waals surface area contributed by atoms with E-state index in [0.29, 0.717) is 30.3 Å². The molecule has 30 heavy (non-hydrogen) atoms. The molecule has 1 heterocycles. The number of methoxy groups -OCH3 is 4. The number of hydrogen-bond donors (Lipinski definition) is 0. The quantitative estimate of drug-likeness (QED) is 0.681. The van der Waals surface area contributed by atoms with E-state index in [-0.39, 0.29) is 0 Å². The first kappa shape index (κ1) is 21.3. The number of benzene rings is 2. The van der Waals surface area contributed by atoms with E-state index in [2.05, 4.69) is 5.10 Å². The molecule has 0 fully saturated rings. The molecule has 0 aliphatic carbocycles. The van der Waals surface area contributed by atoms with E-state index < -0.39 is 12.1 Å². The fourth-order valence-electron chi connectivity index (χ4n) is 3.43. The predicted octanol–water partition coefficient (Wildman–Crippen LogP) is 4.03. The van der Waals surface area contributed by atoms with Gasteiger partial charge in [0.1, 0.15) is 5.75 Å². The summed E-state index contributed by atoms with van der Waals surface area (Å²) in [4.78, 5) is 12.5. The van der Waals surface area contributed by atoms with Crippen molar-refractivity contribution in [2.24, 2.45) is 5.10 Å². The Labute approximate surface area is 175 Å². The van der Waals surface area contributed by atoms with Gasteiger partial charge in [0, 0.05) is 12.0 Å². The van der Waals surface area contributed by atoms with Gasteiger partial charge in [-0.3, -0.25) is 0 Å². The second-order valence-electron chi connectivity index (χ2n) is 6.50. The number of carbonyl (C=O) groups is 1. The first-order chi connectivity index (χ1) is 14.6. The molecule has 1 amide bonds. The van der Waals surface area contributed by atoms with Crippen LogP contribution in [0.5, 0.6) is 23.0 Å². The highest BCUT2D eigenvalue weighted by Crippen LogP contribution is 2.43. The molecule has 0 radical (unpaired) electrons. The molecule has 0 saturated carbocycles. The van der Waals surface area contributed by atoms with Gasteiger partial charge in [-0.05, 0) is 36.8 Å². The van der Waals surface area contributed by atoms with Crippen molar-refractivity contribution < 1.29 is 28.5 Å². The van der Waals surface area contributed by atoms with Crippen LogP contribution in [0.3, 0.4) is 0 Å². The lowest BCUT2D eigenvalue weighted by molar-refractivity contribution is 0.113. The first-order valence-electron chi connectivity index (χ1n) is 9.54. The van der Waals surface area contributed by atoms with Gasteiger partial charge in [0.05, 0.1) is 46.8 Å². The zero-order chi connectivity index (χ0) is 21.7. The van der Waals surface area contributed by atoms with Crippen LogP contribution < -0.4 is 18.9 Å². The summed E-state index contributed by atoms with van der Waals surface area (Å²) in [5.74, 6) is 2.24. The first-order valence-corrected chi connectivity index (χ1v) is 9.54. The lowest BCUT2D eigenvalue weighted by Gasteiger charge is -2.22. The Hall–Kier alpha value is -3.42. The van der Waals surface area contributed by atoms with Crippen LogP contribution in [0, 0.1) is 0 Å². The smallest absolute Gasteiger partial charge is 0.430 e. The number of rotatable bonds is 7. The number of nitrogens with zero attached hydrogens (tertiary/aromatic N) is 2. The maximum absolute atomic E-state index is 12.5. The maximum Gasteiger partial charge on any atom is 0.430 e. The summed E-state index contributed by atoms with van der Waals surface area (Å²) in [6.07, 6.45) is -0.0618. The van der Waals surface area contributed by atoms with Crippen molar-refractivity contribution in [3.63, 3.8) is 0 Å². The largest absolute Gasteiger partial charge is 0.494 e. The summed E-state index contributed by atoms with van der Waals surface area (Å²) in [5, 5.41) is 5.89. The highest BCUT2D eigenvalue weighted by molar-refractivity contribution is 6.03. The summed E-state index contributed by atoms with van der Waals surface area (Å²) < 4.78 is 26.9. The number of hydrogen-bond acceptors (Lipinski definition) is 7. The molecule has 0 bridgehead atoms. The Morgan fingerprint density at radius 1 is 1.07 bits per heavy atom. The van der Waals surface area contributed by atoms with E-state index in [1.54, 1.807) is 21.3 Å². The lowest BCUT2D eigenvalue weighted by Crippen LogP contribution is -2.26. The van der Waals surface area contributed by atoms with Gasteiger partial charge in [-0.25, -0.2) is 4.79 Å². The predicted molar refractivity (Wildman–Crippen MR) is 112 cm³/mol. The zero-order valence-electron chi connectivity index (χ0n) is 17.8. The lowest BCUT2D eigenvalue weighted by atomic mass is 9.97. The van der Waals surface area contributed by atoms with Crippen molar-refractivity contribution in [2.75, 3.05) is 35.0 Å². The van der Waals surface area contributed by atoms with Crippen LogP contribution in [0.4, 0.5) is 4.79 Å². The van der Waals surface area contributed by atoms with E-state index in [1.165, 1.54) is 12.1 Å². The second kappa shape index (κ2) is 9.39. The van der Waals surface area contributed by atoms with E-state index >= 15 is 0 Å². The molecule has 1 aliphatic rings. The zero-order valence-corrected chi connectivity index (χ0v) is 17.8. The summed E-state index contributed by atoms with van der Waals surface area (Å²) in [7, 11) is 5.98. The van der Waals surface area contributed by atoms with E-state index in [4.69, 9.17) is 23.7 Å². The molecule has 0 N–H and O–H groups in total. The Morgan fingerprint density at radius 2 is 1.77 bits per heavy atom. The van der Waals surface area contributed by atoms with Crippen molar-refractivity contribution in [1.82, 2.24) is 5.01 Å². The minimum Gasteiger partial charge on any atom is -0.494 e. The SMILES string of the molecule is CCOc1cccc(C2=NN(C(=O)OC)C(c3cc(OC)c(OC)c(OC)c3)C2)c1. The van der Waals surface area contributed by atoms with Gasteiger partial charge in [0.25, 0.3) is 0 Å². The number of amides is 1. The standard InChI is InChI=1S/C22H26N2O6/c1-6-30-16-9-7-8-14(10-16)17-13-18(24(23-17)22(25)29-5)15-11-19(26-2)21(28-4)20(12-15)27-3/h7-12,18H,6,13H2,1-5H3. The minimum atomic E-state index is -0.551. The monoisotopic (exact) mass is 414 g/mol. The van der Waals surface area contributed by atoms with E-state index in [1.807, 2.05) is 43.3 Å². The molecule has 1 aliphatic heterocycles. The van der Waals surface area contributed by atoms with Crippen LogP contribution in [0.2, 0.25) is 0 Å². The van der Waals surface area contributed by atoms with Crippen molar-refractivity contribution in [2.45, 2.75) is 19.4 Å². The van der Waals surface area contributed by atoms with Crippen LogP contribution in [0.1, 0.15) is 30.5 Å². The maximum atomic E-state index is 12.5. The number of ether oxygens (including phenoxy) is 5. The van der Waals surface area contributed by atoms with Gasteiger partial charge < -0.3 is 23.7 Å². The van der Waals surface area contributed by atoms with Gasteiger partial charge in [0.2, 0.25) is 5.75 Å². The molecular formula is C22H26N2O6. The van der Waals surface area contributed by atoms with Crippen molar-refractivity contribution in [1.29, 1.82) is 0 Å². The third-order valence-corrected chi connectivity index (χ3v) is 4.82. The van der Waals surface area contributed by atoms with Crippen LogP contribution in [0.15, 0.2) is 41.5 Å². The average molecular weight is 414 g/mol. The third-order valence-electron chi connectivity index (χ3n) is 4.82. The molecule has 2 aromatic carbocycles. The molecule has 8 nitrogen and oxygen atoms in total. The van der Waals surface area contributed by atoms with Crippen LogP contribution in [-0.4, -0.2) is 51.9 Å². The van der Waals surface area contributed by atoms with Crippen LogP contribution >= 0.6 is 0 Å². The van der Waals surface area contributed by atoms with Crippen molar-refractivity contribution in [3.05, 3.63) is 47.5 Å². The highest BCUT2D eigenvalue weighted by Gasteiger charge is 2.35. The summed E-state index contributed by atoms with van der Waals surface area (Å²) in [6.45, 7) is 2.50. The third kappa shape index (κ3) is 4.12. The summed E-state index contributed by atoms with van der Waals surface area (Å²) in [6, 6.07) is 10.9. The molecule has 8 heteroatoms. The van der Waals surface area contributed by atoms with Crippen molar-refractivity contribution >= 4 is 11.8 Å². The molecule has 0 spiro atoms. The van der Waals surface area contributed by atoms with Crippen LogP contribution in [-0.2, 0) is 4.74 Å². The molecule has 160 valence electrons. The summed E-state index contributed by atoms with van der Waals surface area (Å²) in [5.41, 5.74) is 2.42. The van der Waals surface area contributed by atoms with E-state index in [0.717, 1.165) is 22.6 Å². The molecule has 1 atom stereocenters. The highest BCUT2D eigenvalue weighted by atomic mass is 16.5. The van der Waals surface area contributed by atoms with Crippen LogP contribution in [0.25, 0.3) is 0 Å². The Morgan fingerprint density at radius 3 is 2.33 bits per heavy atom. The molecule has 3 rings (SSSR count). The Balaban J connectivity index is 2.01. The molecule has 0 saturated heterocycles. The van der Waals surface area contributed by atoms with Gasteiger partial charge in [0.15, 0.2) is 11.5 Å². The second-order valence-corrected chi connectivity index (χ2v) is 6.50. The fourth-order valence-corrected chi connectivity index (χ4v) is 3.43. The normalized spacial score (nSPS) is 15.4. The average Bonchev–Trinajstić information content (AvgIpc) is 3.23. The van der Waals surface area contributed by atoms with Gasteiger partial charge >= 0.3 is 6.09 Å². The summed E-state index contributed by atoms with van der Waals surface area (Å²) >= 11 is 0. The van der Waals surface area contributed by atoms with Crippen molar-refractivity contribution in [3.8, 4) is 23.0 Å². The fraction of sp³-hybridized carbons (Fsp3) is 0.364. The molecular weight excluding hydrogens is 388 g/mol. The number of hydrazone groups is 1. The van der Waals surface area contributed by atoms with Gasteiger partial charge in [-0.15, -0.1) is 0 Å². The van der Waals surface area contributed by atoms with E-state index in [9.17, 15) is 4.79 Å². The Bertz CT molecular complexity index is 918. The Kier molecular flexibility index (Phi) is 6.66. The number of carbonyl (C=O) groups excluding carboxylic acids is 1. The molecule has 1 unspecified atom stereocenters. The molecule has 2 aromatic rings. The topological polar surface area (TPSA) is 78.8 Å².